The van der Waals surface area contributed by atoms with Crippen LogP contribution in [0.3, 0.4) is 0 Å². The van der Waals surface area contributed by atoms with Gasteiger partial charge in [0.25, 0.3) is 5.91 Å². The molecule has 1 aromatic heterocycles. The van der Waals surface area contributed by atoms with Crippen LogP contribution in [-0.4, -0.2) is 30.5 Å². The minimum Gasteiger partial charge on any atom is -0.469 e. The SMILES string of the molecule is COC(=O)[C@H]1CCN(C(=O)c2ccncc2Cl)c2ccccc21. The summed E-state index contributed by atoms with van der Waals surface area (Å²) in [4.78, 5) is 30.4. The van der Waals surface area contributed by atoms with Gasteiger partial charge in [0.05, 0.1) is 23.6 Å². The van der Waals surface area contributed by atoms with Crippen LogP contribution in [0.4, 0.5) is 5.69 Å². The number of carbonyl (C=O) groups excluding carboxylic acids is 2. The zero-order valence-corrected chi connectivity index (χ0v) is 13.3. The molecule has 0 spiro atoms. The lowest BCUT2D eigenvalue weighted by Gasteiger charge is -2.33. The fraction of sp³-hybridized carbons (Fsp3) is 0.235. The number of carbonyl (C=O) groups is 2. The molecule has 118 valence electrons. The summed E-state index contributed by atoms with van der Waals surface area (Å²) in [7, 11) is 1.37. The molecule has 0 saturated carbocycles. The Kier molecular flexibility index (Phi) is 4.30. The minimum absolute atomic E-state index is 0.201. The Hall–Kier alpha value is -2.40. The van der Waals surface area contributed by atoms with Crippen LogP contribution in [0.2, 0.25) is 5.02 Å². The largest absolute Gasteiger partial charge is 0.469 e. The summed E-state index contributed by atoms with van der Waals surface area (Å²) >= 11 is 6.08. The third-order valence-electron chi connectivity index (χ3n) is 3.98. The third-order valence-corrected chi connectivity index (χ3v) is 4.28. The highest BCUT2D eigenvalue weighted by molar-refractivity contribution is 6.34. The number of amides is 1. The highest BCUT2D eigenvalue weighted by Crippen LogP contribution is 2.37. The van der Waals surface area contributed by atoms with E-state index in [1.807, 2.05) is 24.3 Å². The molecule has 1 amide bonds. The molecule has 3 rings (SSSR count). The average molecular weight is 331 g/mol. The number of esters is 1. The van der Waals surface area contributed by atoms with Crippen molar-refractivity contribution in [3.05, 3.63) is 58.9 Å². The predicted molar refractivity (Wildman–Crippen MR) is 86.7 cm³/mol. The lowest BCUT2D eigenvalue weighted by molar-refractivity contribution is -0.142. The summed E-state index contributed by atoms with van der Waals surface area (Å²) in [6, 6.07) is 8.97. The summed E-state index contributed by atoms with van der Waals surface area (Å²) in [5.41, 5.74) is 1.91. The van der Waals surface area contributed by atoms with Crippen molar-refractivity contribution in [1.29, 1.82) is 0 Å². The van der Waals surface area contributed by atoms with E-state index in [-0.39, 0.29) is 17.8 Å². The average Bonchev–Trinajstić information content (AvgIpc) is 2.60. The van der Waals surface area contributed by atoms with Crippen LogP contribution >= 0.6 is 11.6 Å². The second-order valence-electron chi connectivity index (χ2n) is 5.24. The van der Waals surface area contributed by atoms with Crippen LogP contribution in [0, 0.1) is 0 Å². The number of ether oxygens (including phenoxy) is 1. The van der Waals surface area contributed by atoms with Gasteiger partial charge in [-0.25, -0.2) is 0 Å². The number of fused-ring (bicyclic) bond motifs is 1. The molecule has 6 heteroatoms. The maximum atomic E-state index is 12.8. The van der Waals surface area contributed by atoms with Gasteiger partial charge in [-0.15, -0.1) is 0 Å². The summed E-state index contributed by atoms with van der Waals surface area (Å²) < 4.78 is 4.87. The summed E-state index contributed by atoms with van der Waals surface area (Å²) in [5, 5.41) is 0.310. The first-order valence-electron chi connectivity index (χ1n) is 7.21. The Morgan fingerprint density at radius 1 is 1.30 bits per heavy atom. The number of rotatable bonds is 2. The Labute approximate surface area is 138 Å². The monoisotopic (exact) mass is 330 g/mol. The second-order valence-corrected chi connectivity index (χ2v) is 5.64. The zero-order chi connectivity index (χ0) is 16.4. The van der Waals surface area contributed by atoms with Gasteiger partial charge in [0, 0.05) is 24.6 Å². The Morgan fingerprint density at radius 3 is 2.83 bits per heavy atom. The van der Waals surface area contributed by atoms with Crippen molar-refractivity contribution >= 4 is 29.2 Å². The fourth-order valence-electron chi connectivity index (χ4n) is 2.85. The van der Waals surface area contributed by atoms with Gasteiger partial charge < -0.3 is 9.64 Å². The van der Waals surface area contributed by atoms with Gasteiger partial charge in [-0.1, -0.05) is 29.8 Å². The molecule has 23 heavy (non-hydrogen) atoms. The molecule has 2 heterocycles. The van der Waals surface area contributed by atoms with Crippen LogP contribution in [0.1, 0.15) is 28.3 Å². The maximum Gasteiger partial charge on any atom is 0.313 e. The van der Waals surface area contributed by atoms with Crippen molar-refractivity contribution in [2.24, 2.45) is 0 Å². The number of hydrogen-bond donors (Lipinski definition) is 0. The summed E-state index contributed by atoms with van der Waals surface area (Å²) in [6.45, 7) is 0.425. The van der Waals surface area contributed by atoms with Gasteiger partial charge in [-0.05, 0) is 24.1 Å². The van der Waals surface area contributed by atoms with E-state index in [0.29, 0.717) is 29.2 Å². The van der Waals surface area contributed by atoms with E-state index in [1.165, 1.54) is 19.5 Å². The van der Waals surface area contributed by atoms with Crippen molar-refractivity contribution in [1.82, 2.24) is 4.98 Å². The van der Waals surface area contributed by atoms with E-state index in [9.17, 15) is 9.59 Å². The van der Waals surface area contributed by atoms with E-state index in [0.717, 1.165) is 5.56 Å². The summed E-state index contributed by atoms with van der Waals surface area (Å²) in [5.74, 6) is -0.840. The topological polar surface area (TPSA) is 59.5 Å². The lowest BCUT2D eigenvalue weighted by atomic mass is 9.89. The first-order valence-corrected chi connectivity index (χ1v) is 7.59. The molecule has 1 atom stereocenters. The van der Waals surface area contributed by atoms with Crippen LogP contribution in [0.25, 0.3) is 0 Å². The lowest BCUT2D eigenvalue weighted by Crippen LogP contribution is -2.38. The molecule has 0 saturated heterocycles. The number of anilines is 1. The molecular formula is C17H15ClN2O3. The highest BCUT2D eigenvalue weighted by atomic mass is 35.5. The number of pyridine rings is 1. The minimum atomic E-state index is -0.354. The number of nitrogens with zero attached hydrogens (tertiary/aromatic N) is 2. The van der Waals surface area contributed by atoms with Gasteiger partial charge >= 0.3 is 5.97 Å². The van der Waals surface area contributed by atoms with Crippen molar-refractivity contribution in [3.63, 3.8) is 0 Å². The fourth-order valence-corrected chi connectivity index (χ4v) is 3.05. The van der Waals surface area contributed by atoms with Crippen LogP contribution < -0.4 is 4.90 Å². The zero-order valence-electron chi connectivity index (χ0n) is 12.5. The van der Waals surface area contributed by atoms with E-state index in [2.05, 4.69) is 4.98 Å². The van der Waals surface area contributed by atoms with E-state index in [4.69, 9.17) is 16.3 Å². The van der Waals surface area contributed by atoms with Gasteiger partial charge in [-0.2, -0.15) is 0 Å². The van der Waals surface area contributed by atoms with Gasteiger partial charge in [0.1, 0.15) is 0 Å². The highest BCUT2D eigenvalue weighted by Gasteiger charge is 2.33. The first kappa shape index (κ1) is 15.5. The molecule has 0 bridgehead atoms. The Morgan fingerprint density at radius 2 is 2.09 bits per heavy atom. The smallest absolute Gasteiger partial charge is 0.313 e. The Balaban J connectivity index is 2.00. The number of aromatic nitrogens is 1. The van der Waals surface area contributed by atoms with E-state index < -0.39 is 0 Å². The molecule has 1 aliphatic heterocycles. The molecule has 0 radical (unpaired) electrons. The number of halogens is 1. The molecule has 5 nitrogen and oxygen atoms in total. The predicted octanol–water partition coefficient (Wildman–Crippen LogP) is 3.04. The molecular weight excluding hydrogens is 316 g/mol. The quantitative estimate of drug-likeness (QED) is 0.794. The third kappa shape index (κ3) is 2.80. The number of methoxy groups -OCH3 is 1. The molecule has 1 aliphatic rings. The van der Waals surface area contributed by atoms with Crippen molar-refractivity contribution in [2.45, 2.75) is 12.3 Å². The normalized spacial score (nSPS) is 16.6. The molecule has 0 unspecified atom stereocenters. The summed E-state index contributed by atoms with van der Waals surface area (Å²) in [6.07, 6.45) is 3.49. The molecule has 0 aliphatic carbocycles. The molecule has 0 fully saturated rings. The van der Waals surface area contributed by atoms with E-state index >= 15 is 0 Å². The van der Waals surface area contributed by atoms with Gasteiger partial charge in [0.15, 0.2) is 0 Å². The van der Waals surface area contributed by atoms with Gasteiger partial charge in [-0.3, -0.25) is 14.6 Å². The van der Waals surface area contributed by atoms with Crippen LogP contribution in [-0.2, 0) is 9.53 Å². The number of benzene rings is 1. The maximum absolute atomic E-state index is 12.8. The molecule has 2 aromatic rings. The number of hydrogen-bond acceptors (Lipinski definition) is 4. The Bertz CT molecular complexity index is 763. The standard InChI is InChI=1S/C17H15ClN2O3/c1-23-17(22)12-7-9-20(15-5-3-2-4-11(12)15)16(21)13-6-8-19-10-14(13)18/h2-6,8,10,12H,7,9H2,1H3/t12-/m0/s1. The first-order chi connectivity index (χ1) is 11.1. The van der Waals surface area contributed by atoms with Crippen molar-refractivity contribution in [2.75, 3.05) is 18.6 Å². The molecule has 1 aromatic carbocycles. The van der Waals surface area contributed by atoms with E-state index in [1.54, 1.807) is 11.0 Å². The van der Waals surface area contributed by atoms with Gasteiger partial charge in [0.2, 0.25) is 0 Å². The molecule has 0 N–H and O–H groups in total. The van der Waals surface area contributed by atoms with Crippen LogP contribution in [0.15, 0.2) is 42.7 Å². The van der Waals surface area contributed by atoms with Crippen molar-refractivity contribution < 1.29 is 14.3 Å². The second kappa shape index (κ2) is 6.38. The van der Waals surface area contributed by atoms with Crippen molar-refractivity contribution in [3.8, 4) is 0 Å². The number of para-hydroxylation sites is 1. The van der Waals surface area contributed by atoms with Crippen LogP contribution in [0.5, 0.6) is 0 Å².